The molecule has 1 aromatic carbocycles. The van der Waals surface area contributed by atoms with Gasteiger partial charge in [0.05, 0.1) is 7.11 Å². The van der Waals surface area contributed by atoms with Gasteiger partial charge in [0.15, 0.2) is 5.84 Å². The summed E-state index contributed by atoms with van der Waals surface area (Å²) < 4.78 is 5.06. The number of hydrogen-bond acceptors (Lipinski definition) is 5. The van der Waals surface area contributed by atoms with Gasteiger partial charge in [-0.15, -0.1) is 0 Å². The van der Waals surface area contributed by atoms with Gasteiger partial charge in [-0.25, -0.2) is 4.99 Å². The maximum atomic E-state index is 9.69. The van der Waals surface area contributed by atoms with Gasteiger partial charge in [0.25, 0.3) is 0 Å². The zero-order valence-electron chi connectivity index (χ0n) is 12.6. The maximum Gasteiger partial charge on any atom is 0.151 e. The van der Waals surface area contributed by atoms with Crippen molar-refractivity contribution in [1.82, 2.24) is 10.6 Å². The van der Waals surface area contributed by atoms with Crippen LogP contribution in [0, 0.1) is 5.41 Å². The summed E-state index contributed by atoms with van der Waals surface area (Å²) in [6, 6.07) is 7.14. The first kappa shape index (κ1) is 17.3. The lowest BCUT2D eigenvalue weighted by Crippen LogP contribution is -2.31. The van der Waals surface area contributed by atoms with Gasteiger partial charge in [-0.3, -0.25) is 10.7 Å². The van der Waals surface area contributed by atoms with Gasteiger partial charge in [0.2, 0.25) is 0 Å². The number of ether oxygens (including phenoxy) is 1. The summed E-state index contributed by atoms with van der Waals surface area (Å²) in [5.74, 6) is 0.914. The molecule has 6 heteroatoms. The van der Waals surface area contributed by atoms with Crippen LogP contribution in [0.5, 0.6) is 5.75 Å². The Bertz CT molecular complexity index is 445. The molecule has 1 aromatic rings. The Morgan fingerprint density at radius 2 is 2.10 bits per heavy atom. The predicted octanol–water partition coefficient (Wildman–Crippen LogP) is 0.999. The molecule has 0 spiro atoms. The van der Waals surface area contributed by atoms with Gasteiger partial charge in [0, 0.05) is 18.2 Å². The molecule has 4 N–H and O–H groups in total. The summed E-state index contributed by atoms with van der Waals surface area (Å²) >= 11 is 0. The van der Waals surface area contributed by atoms with Crippen LogP contribution in [0.4, 0.5) is 0 Å². The van der Waals surface area contributed by atoms with Crippen LogP contribution in [0.15, 0.2) is 29.3 Å². The fourth-order valence-electron chi connectivity index (χ4n) is 1.68. The topological polar surface area (TPSA) is 89.7 Å². The molecule has 0 saturated carbocycles. The minimum atomic E-state index is -0.630. The molecule has 0 aliphatic rings. The minimum Gasteiger partial charge on any atom is -0.497 e. The summed E-state index contributed by atoms with van der Waals surface area (Å²) in [6.45, 7) is 1.65. The summed E-state index contributed by atoms with van der Waals surface area (Å²) in [5.41, 5.74) is 0.712. The van der Waals surface area contributed by atoms with Crippen LogP contribution in [-0.4, -0.2) is 50.6 Å². The third-order valence-corrected chi connectivity index (χ3v) is 2.90. The molecule has 1 rings (SSSR count). The Labute approximate surface area is 125 Å². The Hall–Kier alpha value is -1.76. The Morgan fingerprint density at radius 1 is 1.38 bits per heavy atom. The van der Waals surface area contributed by atoms with Crippen molar-refractivity contribution in [3.63, 3.8) is 0 Å². The normalized spacial score (nSPS) is 12.5. The summed E-state index contributed by atoms with van der Waals surface area (Å²) in [5, 5.41) is 23.6. The van der Waals surface area contributed by atoms with Crippen LogP contribution in [0.25, 0.3) is 0 Å². The first-order valence-electron chi connectivity index (χ1n) is 6.99. The van der Waals surface area contributed by atoms with Crippen molar-refractivity contribution < 1.29 is 9.84 Å². The van der Waals surface area contributed by atoms with E-state index in [1.165, 1.54) is 0 Å². The average molecular weight is 292 g/mol. The van der Waals surface area contributed by atoms with Gasteiger partial charge in [-0.1, -0.05) is 0 Å². The number of aliphatic imine (C=N–C) groups is 1. The number of nitrogens with one attached hydrogen (secondary N) is 3. The predicted molar refractivity (Wildman–Crippen MR) is 85.5 cm³/mol. The largest absolute Gasteiger partial charge is 0.497 e. The van der Waals surface area contributed by atoms with E-state index in [2.05, 4.69) is 15.6 Å². The highest BCUT2D eigenvalue weighted by Crippen LogP contribution is 2.11. The molecule has 116 valence electrons. The molecule has 0 heterocycles. The first-order valence-corrected chi connectivity index (χ1v) is 6.99. The number of rotatable bonds is 9. The van der Waals surface area contributed by atoms with Crippen LogP contribution >= 0.6 is 0 Å². The Balaban J connectivity index is 2.32. The van der Waals surface area contributed by atoms with E-state index in [4.69, 9.17) is 10.1 Å². The second kappa shape index (κ2) is 10.0. The second-order valence-corrected chi connectivity index (χ2v) is 4.55. The molecule has 0 aliphatic heterocycles. The van der Waals surface area contributed by atoms with Crippen LogP contribution in [0.3, 0.4) is 0 Å². The minimum absolute atomic E-state index is 0.167. The fraction of sp³-hybridized carbons (Fsp3) is 0.467. The molecular formula is C15H24N4O2. The molecule has 1 atom stereocenters. The number of methoxy groups -OCH3 is 1. The first-order chi connectivity index (χ1) is 10.2. The van der Waals surface area contributed by atoms with Crippen molar-refractivity contribution in [1.29, 1.82) is 5.41 Å². The lowest BCUT2D eigenvalue weighted by Gasteiger charge is -2.09. The smallest absolute Gasteiger partial charge is 0.151 e. The van der Waals surface area contributed by atoms with E-state index in [0.717, 1.165) is 25.3 Å². The highest BCUT2D eigenvalue weighted by Gasteiger charge is 2.02. The lowest BCUT2D eigenvalue weighted by atomic mass is 10.2. The van der Waals surface area contributed by atoms with Crippen molar-refractivity contribution in [2.45, 2.75) is 19.1 Å². The van der Waals surface area contributed by atoms with Gasteiger partial charge in [-0.05, 0) is 50.8 Å². The van der Waals surface area contributed by atoms with Gasteiger partial charge in [-0.2, -0.15) is 0 Å². The van der Waals surface area contributed by atoms with Gasteiger partial charge >= 0.3 is 0 Å². The zero-order valence-corrected chi connectivity index (χ0v) is 12.6. The number of benzene rings is 1. The van der Waals surface area contributed by atoms with Crippen LogP contribution in [0.1, 0.15) is 18.4 Å². The molecule has 0 aromatic heterocycles. The van der Waals surface area contributed by atoms with E-state index in [9.17, 15) is 5.11 Å². The average Bonchev–Trinajstić information content (AvgIpc) is 2.51. The molecule has 0 bridgehead atoms. The fourth-order valence-corrected chi connectivity index (χ4v) is 1.68. The molecule has 0 radical (unpaired) electrons. The highest BCUT2D eigenvalue weighted by atomic mass is 16.5. The van der Waals surface area contributed by atoms with Crippen molar-refractivity contribution >= 4 is 12.1 Å². The molecule has 0 fully saturated rings. The van der Waals surface area contributed by atoms with Crippen molar-refractivity contribution in [3.05, 3.63) is 29.8 Å². The molecule has 21 heavy (non-hydrogen) atoms. The van der Waals surface area contributed by atoms with Crippen LogP contribution < -0.4 is 15.4 Å². The quantitative estimate of drug-likeness (QED) is 0.236. The molecule has 0 saturated heterocycles. The zero-order chi connectivity index (χ0) is 15.5. The lowest BCUT2D eigenvalue weighted by molar-refractivity contribution is 0.146. The molecular weight excluding hydrogens is 268 g/mol. The van der Waals surface area contributed by atoms with Crippen LogP contribution in [0.2, 0.25) is 0 Å². The van der Waals surface area contributed by atoms with E-state index >= 15 is 0 Å². The molecule has 0 aliphatic carbocycles. The third-order valence-electron chi connectivity index (χ3n) is 2.90. The van der Waals surface area contributed by atoms with Crippen LogP contribution in [-0.2, 0) is 0 Å². The van der Waals surface area contributed by atoms with E-state index in [0.29, 0.717) is 12.0 Å². The monoisotopic (exact) mass is 292 g/mol. The number of amidine groups is 1. The summed E-state index contributed by atoms with van der Waals surface area (Å²) in [4.78, 5) is 4.04. The highest BCUT2D eigenvalue weighted by molar-refractivity contribution is 6.00. The number of nitrogens with zero attached hydrogens (tertiary/aromatic N) is 1. The van der Waals surface area contributed by atoms with E-state index < -0.39 is 6.23 Å². The Kier molecular flexibility index (Phi) is 8.27. The van der Waals surface area contributed by atoms with E-state index in [1.807, 2.05) is 7.05 Å². The SMILES string of the molecule is CNCCCNC(O)CC=NC(=N)c1ccc(OC)cc1. The van der Waals surface area contributed by atoms with Gasteiger partial charge < -0.3 is 15.2 Å². The second-order valence-electron chi connectivity index (χ2n) is 4.55. The van der Waals surface area contributed by atoms with Crippen molar-refractivity contribution in [2.24, 2.45) is 4.99 Å². The summed E-state index contributed by atoms with van der Waals surface area (Å²) in [6.07, 6.45) is 2.25. The number of aliphatic hydroxyl groups is 1. The third kappa shape index (κ3) is 6.99. The van der Waals surface area contributed by atoms with Gasteiger partial charge in [0.1, 0.15) is 12.0 Å². The molecule has 6 nitrogen and oxygen atoms in total. The number of hydrogen-bond donors (Lipinski definition) is 4. The molecule has 1 unspecified atom stereocenters. The van der Waals surface area contributed by atoms with Crippen molar-refractivity contribution in [3.8, 4) is 5.75 Å². The Morgan fingerprint density at radius 3 is 2.71 bits per heavy atom. The standard InChI is InChI=1S/C15H24N4O2/c1-17-9-3-10-18-14(20)8-11-19-15(16)12-4-6-13(21-2)7-5-12/h4-7,11,14,16-18,20H,3,8-10H2,1-2H3. The number of aliphatic hydroxyl groups excluding tert-OH is 1. The van der Waals surface area contributed by atoms with E-state index in [1.54, 1.807) is 37.6 Å². The maximum absolute atomic E-state index is 9.69. The summed E-state index contributed by atoms with van der Waals surface area (Å²) in [7, 11) is 3.50. The van der Waals surface area contributed by atoms with Crippen molar-refractivity contribution in [2.75, 3.05) is 27.2 Å². The molecule has 0 amide bonds. The van der Waals surface area contributed by atoms with E-state index in [-0.39, 0.29) is 5.84 Å².